The molecule has 0 fully saturated rings. The number of hydrogen-bond acceptors (Lipinski definition) is 3. The lowest BCUT2D eigenvalue weighted by Crippen LogP contribution is -2.24. The van der Waals surface area contributed by atoms with Gasteiger partial charge in [0.15, 0.2) is 0 Å². The average molecular weight is 340 g/mol. The fourth-order valence-corrected chi connectivity index (χ4v) is 2.07. The molecule has 0 spiro atoms. The van der Waals surface area contributed by atoms with E-state index in [4.69, 9.17) is 0 Å². The van der Waals surface area contributed by atoms with E-state index in [2.05, 4.69) is 31.2 Å². The SMILES string of the molecule is CC(C)NCc1cc(=O)[nH]c(-c2ccc(F)c(Br)c2)n1. The minimum Gasteiger partial charge on any atom is -0.309 e. The number of nitrogens with one attached hydrogen (secondary N) is 2. The van der Waals surface area contributed by atoms with Crippen molar-refractivity contribution in [2.75, 3.05) is 0 Å². The summed E-state index contributed by atoms with van der Waals surface area (Å²) in [6.45, 7) is 4.55. The summed E-state index contributed by atoms with van der Waals surface area (Å²) in [5.41, 5.74) is 1.08. The number of benzene rings is 1. The summed E-state index contributed by atoms with van der Waals surface area (Å²) in [5.74, 6) is 0.0764. The van der Waals surface area contributed by atoms with E-state index < -0.39 is 0 Å². The van der Waals surface area contributed by atoms with Crippen LogP contribution in [-0.2, 0) is 6.54 Å². The summed E-state index contributed by atoms with van der Waals surface area (Å²) in [6, 6.07) is 6.26. The fraction of sp³-hybridized carbons (Fsp3) is 0.286. The van der Waals surface area contributed by atoms with E-state index in [-0.39, 0.29) is 11.4 Å². The van der Waals surface area contributed by atoms with Crippen molar-refractivity contribution < 1.29 is 4.39 Å². The molecule has 0 saturated carbocycles. The predicted molar refractivity (Wildman–Crippen MR) is 79.9 cm³/mol. The van der Waals surface area contributed by atoms with Gasteiger partial charge in [0.2, 0.25) is 0 Å². The van der Waals surface area contributed by atoms with Crippen molar-refractivity contribution >= 4 is 15.9 Å². The Kier molecular flexibility index (Phi) is 4.67. The van der Waals surface area contributed by atoms with Crippen LogP contribution in [0.2, 0.25) is 0 Å². The Morgan fingerprint density at radius 3 is 2.80 bits per heavy atom. The lowest BCUT2D eigenvalue weighted by Gasteiger charge is -2.09. The maximum Gasteiger partial charge on any atom is 0.251 e. The van der Waals surface area contributed by atoms with Gasteiger partial charge in [0, 0.05) is 24.2 Å². The number of rotatable bonds is 4. The summed E-state index contributed by atoms with van der Waals surface area (Å²) in [7, 11) is 0. The molecule has 4 nitrogen and oxygen atoms in total. The number of nitrogens with zero attached hydrogens (tertiary/aromatic N) is 1. The lowest BCUT2D eigenvalue weighted by molar-refractivity contribution is 0.580. The first-order valence-corrected chi connectivity index (χ1v) is 7.04. The number of aromatic nitrogens is 2. The third-order valence-corrected chi connectivity index (χ3v) is 3.29. The maximum atomic E-state index is 13.2. The van der Waals surface area contributed by atoms with Crippen molar-refractivity contribution in [3.63, 3.8) is 0 Å². The van der Waals surface area contributed by atoms with Gasteiger partial charge < -0.3 is 10.3 Å². The fourth-order valence-electron chi connectivity index (χ4n) is 1.69. The van der Waals surface area contributed by atoms with Crippen molar-refractivity contribution in [3.05, 3.63) is 50.6 Å². The standard InChI is InChI=1S/C14H15BrFN3O/c1-8(2)17-7-10-6-13(20)19-14(18-10)9-3-4-12(16)11(15)5-9/h3-6,8,17H,7H2,1-2H3,(H,18,19,20). The molecular weight excluding hydrogens is 325 g/mol. The minimum absolute atomic E-state index is 0.226. The van der Waals surface area contributed by atoms with Gasteiger partial charge in [-0.2, -0.15) is 0 Å². The molecule has 1 aromatic carbocycles. The zero-order valence-corrected chi connectivity index (χ0v) is 12.8. The van der Waals surface area contributed by atoms with Crippen LogP contribution in [0.15, 0.2) is 33.5 Å². The smallest absolute Gasteiger partial charge is 0.251 e. The molecule has 106 valence electrons. The molecule has 0 bridgehead atoms. The predicted octanol–water partition coefficient (Wildman–Crippen LogP) is 2.84. The molecule has 0 aliphatic rings. The lowest BCUT2D eigenvalue weighted by atomic mass is 10.2. The Morgan fingerprint density at radius 1 is 1.40 bits per heavy atom. The second-order valence-electron chi connectivity index (χ2n) is 4.75. The zero-order chi connectivity index (χ0) is 14.7. The monoisotopic (exact) mass is 339 g/mol. The van der Waals surface area contributed by atoms with Gasteiger partial charge in [-0.3, -0.25) is 4.79 Å². The molecule has 6 heteroatoms. The second-order valence-corrected chi connectivity index (χ2v) is 5.60. The van der Waals surface area contributed by atoms with Crippen LogP contribution in [-0.4, -0.2) is 16.0 Å². The van der Waals surface area contributed by atoms with Crippen LogP contribution >= 0.6 is 15.9 Å². The van der Waals surface area contributed by atoms with E-state index in [1.807, 2.05) is 13.8 Å². The highest BCUT2D eigenvalue weighted by Crippen LogP contribution is 2.22. The van der Waals surface area contributed by atoms with Crippen molar-refractivity contribution in [2.45, 2.75) is 26.4 Å². The summed E-state index contributed by atoms with van der Waals surface area (Å²) < 4.78 is 13.6. The number of aromatic amines is 1. The Morgan fingerprint density at radius 2 is 2.15 bits per heavy atom. The zero-order valence-electron chi connectivity index (χ0n) is 11.2. The van der Waals surface area contributed by atoms with Crippen LogP contribution < -0.4 is 10.9 Å². The molecule has 0 aliphatic heterocycles. The Labute approximate surface area is 124 Å². The molecule has 1 aromatic heterocycles. The van der Waals surface area contributed by atoms with Gasteiger partial charge >= 0.3 is 0 Å². The third kappa shape index (κ3) is 3.74. The van der Waals surface area contributed by atoms with Gasteiger partial charge in [-0.15, -0.1) is 0 Å². The van der Waals surface area contributed by atoms with Crippen LogP contribution in [0.3, 0.4) is 0 Å². The second kappa shape index (κ2) is 6.28. The molecule has 0 unspecified atom stereocenters. The van der Waals surface area contributed by atoms with Crippen molar-refractivity contribution in [2.24, 2.45) is 0 Å². The van der Waals surface area contributed by atoms with Gasteiger partial charge in [0.25, 0.3) is 5.56 Å². The Bertz CT molecular complexity index is 670. The van der Waals surface area contributed by atoms with Crippen molar-refractivity contribution in [1.82, 2.24) is 15.3 Å². The summed E-state index contributed by atoms with van der Waals surface area (Å²) in [5, 5.41) is 3.20. The first-order valence-electron chi connectivity index (χ1n) is 6.25. The molecule has 0 atom stereocenters. The van der Waals surface area contributed by atoms with E-state index in [9.17, 15) is 9.18 Å². The normalized spacial score (nSPS) is 11.1. The van der Waals surface area contributed by atoms with Crippen LogP contribution in [0.1, 0.15) is 19.5 Å². The van der Waals surface area contributed by atoms with Gasteiger partial charge in [-0.05, 0) is 34.1 Å². The van der Waals surface area contributed by atoms with Crippen molar-refractivity contribution in [1.29, 1.82) is 0 Å². The van der Waals surface area contributed by atoms with E-state index in [0.29, 0.717) is 34.1 Å². The number of hydrogen-bond donors (Lipinski definition) is 2. The van der Waals surface area contributed by atoms with E-state index in [1.54, 1.807) is 12.1 Å². The van der Waals surface area contributed by atoms with Gasteiger partial charge in [-0.1, -0.05) is 13.8 Å². The largest absolute Gasteiger partial charge is 0.309 e. The van der Waals surface area contributed by atoms with Crippen LogP contribution in [0, 0.1) is 5.82 Å². The highest BCUT2D eigenvalue weighted by atomic mass is 79.9. The molecule has 2 N–H and O–H groups in total. The van der Waals surface area contributed by atoms with Crippen LogP contribution in [0.25, 0.3) is 11.4 Å². The van der Waals surface area contributed by atoms with E-state index in [1.165, 1.54) is 12.1 Å². The minimum atomic E-state index is -0.353. The average Bonchev–Trinajstić information content (AvgIpc) is 2.39. The quantitative estimate of drug-likeness (QED) is 0.900. The van der Waals surface area contributed by atoms with Crippen LogP contribution in [0.4, 0.5) is 4.39 Å². The molecule has 0 amide bonds. The van der Waals surface area contributed by atoms with Gasteiger partial charge in [-0.25, -0.2) is 9.37 Å². The maximum absolute atomic E-state index is 13.2. The molecule has 2 rings (SSSR count). The Hall–Kier alpha value is -1.53. The highest BCUT2D eigenvalue weighted by molar-refractivity contribution is 9.10. The first-order chi connectivity index (χ1) is 9.45. The Balaban J connectivity index is 2.36. The van der Waals surface area contributed by atoms with E-state index in [0.717, 1.165) is 0 Å². The third-order valence-electron chi connectivity index (χ3n) is 2.68. The molecule has 0 radical (unpaired) electrons. The topological polar surface area (TPSA) is 57.8 Å². The molecule has 0 saturated heterocycles. The first kappa shape index (κ1) is 14.9. The number of halogens is 2. The summed E-state index contributed by atoms with van der Waals surface area (Å²) in [4.78, 5) is 18.7. The molecular formula is C14H15BrFN3O. The number of H-pyrrole nitrogens is 1. The van der Waals surface area contributed by atoms with Gasteiger partial charge in [0.1, 0.15) is 11.6 Å². The molecule has 20 heavy (non-hydrogen) atoms. The highest BCUT2D eigenvalue weighted by Gasteiger charge is 2.07. The van der Waals surface area contributed by atoms with Crippen LogP contribution in [0.5, 0.6) is 0 Å². The molecule has 2 aromatic rings. The van der Waals surface area contributed by atoms with Gasteiger partial charge in [0.05, 0.1) is 10.2 Å². The summed E-state index contributed by atoms with van der Waals surface area (Å²) >= 11 is 3.12. The van der Waals surface area contributed by atoms with Crippen molar-refractivity contribution in [3.8, 4) is 11.4 Å². The van der Waals surface area contributed by atoms with E-state index >= 15 is 0 Å². The summed E-state index contributed by atoms with van der Waals surface area (Å²) in [6.07, 6.45) is 0. The molecule has 0 aliphatic carbocycles. The molecule has 1 heterocycles.